The minimum Gasteiger partial charge on any atom is -0.296 e. The van der Waals surface area contributed by atoms with Crippen molar-refractivity contribution >= 4 is 6.29 Å². The molecule has 1 heterocycles. The molecule has 1 aromatic heterocycles. The minimum absolute atomic E-state index is 0.444. The van der Waals surface area contributed by atoms with Crippen LogP contribution in [0.25, 0.3) is 0 Å². The molecule has 0 fully saturated rings. The van der Waals surface area contributed by atoms with E-state index >= 15 is 0 Å². The molecular formula is C13H15N3O. The van der Waals surface area contributed by atoms with Crippen molar-refractivity contribution in [3.63, 3.8) is 0 Å². The number of benzene rings is 1. The van der Waals surface area contributed by atoms with Crippen LogP contribution in [-0.4, -0.2) is 21.3 Å². The molecule has 0 aliphatic rings. The molecule has 0 spiro atoms. The molecule has 0 unspecified atom stereocenters. The molecule has 0 bridgehead atoms. The van der Waals surface area contributed by atoms with E-state index < -0.39 is 0 Å². The van der Waals surface area contributed by atoms with Crippen molar-refractivity contribution in [2.75, 3.05) is 0 Å². The number of nitrogens with zero attached hydrogens (tertiary/aromatic N) is 3. The van der Waals surface area contributed by atoms with Gasteiger partial charge in [-0.25, -0.2) is 4.68 Å². The fourth-order valence-electron chi connectivity index (χ4n) is 1.79. The number of aldehydes is 1. The smallest absolute Gasteiger partial charge is 0.172 e. The molecule has 0 saturated carbocycles. The largest absolute Gasteiger partial charge is 0.296 e. The van der Waals surface area contributed by atoms with Gasteiger partial charge >= 0.3 is 0 Å². The number of carbonyl (C=O) groups is 1. The molecule has 0 N–H and O–H groups in total. The number of hydrogen-bond acceptors (Lipinski definition) is 3. The normalized spacial score (nSPS) is 10.5. The predicted molar refractivity (Wildman–Crippen MR) is 65.1 cm³/mol. The summed E-state index contributed by atoms with van der Waals surface area (Å²) in [4.78, 5) is 10.8. The molecule has 0 saturated heterocycles. The Labute approximate surface area is 100 Å². The third-order valence-electron chi connectivity index (χ3n) is 2.77. The number of hydrogen-bond donors (Lipinski definition) is 0. The summed E-state index contributed by atoms with van der Waals surface area (Å²) >= 11 is 0. The first kappa shape index (κ1) is 11.5. The molecule has 0 radical (unpaired) electrons. The van der Waals surface area contributed by atoms with Crippen LogP contribution in [0.2, 0.25) is 0 Å². The van der Waals surface area contributed by atoms with E-state index in [1.165, 1.54) is 5.56 Å². The van der Waals surface area contributed by atoms with Crippen molar-refractivity contribution in [2.24, 2.45) is 0 Å². The summed E-state index contributed by atoms with van der Waals surface area (Å²) in [5.74, 6) is 0. The summed E-state index contributed by atoms with van der Waals surface area (Å²) in [7, 11) is 0. The Balaban J connectivity index is 2.26. The zero-order valence-corrected chi connectivity index (χ0v) is 10.1. The van der Waals surface area contributed by atoms with Gasteiger partial charge in [-0.05, 0) is 18.9 Å². The van der Waals surface area contributed by atoms with Gasteiger partial charge in [0.2, 0.25) is 0 Å². The summed E-state index contributed by atoms with van der Waals surface area (Å²) in [5.41, 5.74) is 3.73. The fraction of sp³-hybridized carbons (Fsp3) is 0.308. The van der Waals surface area contributed by atoms with Gasteiger partial charge in [-0.1, -0.05) is 42.0 Å². The Morgan fingerprint density at radius 3 is 2.59 bits per heavy atom. The Kier molecular flexibility index (Phi) is 3.32. The van der Waals surface area contributed by atoms with E-state index in [1.54, 1.807) is 4.68 Å². The van der Waals surface area contributed by atoms with E-state index in [1.807, 2.05) is 6.92 Å². The molecular weight excluding hydrogens is 214 g/mol. The van der Waals surface area contributed by atoms with Crippen molar-refractivity contribution in [2.45, 2.75) is 26.8 Å². The molecule has 4 heteroatoms. The first-order chi connectivity index (χ1) is 8.24. The lowest BCUT2D eigenvalue weighted by Crippen LogP contribution is -2.06. The van der Waals surface area contributed by atoms with Crippen LogP contribution in [0, 0.1) is 6.92 Å². The van der Waals surface area contributed by atoms with E-state index in [9.17, 15) is 4.79 Å². The molecule has 2 rings (SSSR count). The van der Waals surface area contributed by atoms with Crippen LogP contribution in [0.15, 0.2) is 24.3 Å². The zero-order chi connectivity index (χ0) is 12.3. The van der Waals surface area contributed by atoms with Crippen molar-refractivity contribution in [3.8, 4) is 0 Å². The molecule has 17 heavy (non-hydrogen) atoms. The number of aromatic nitrogens is 3. The number of aryl methyl sites for hydroxylation is 1. The number of carbonyl (C=O) groups excluding carboxylic acids is 1. The zero-order valence-electron chi connectivity index (χ0n) is 10.1. The topological polar surface area (TPSA) is 47.8 Å². The second-order valence-electron chi connectivity index (χ2n) is 4.04. The van der Waals surface area contributed by atoms with Crippen molar-refractivity contribution < 1.29 is 4.79 Å². The predicted octanol–water partition coefficient (Wildman–Crippen LogP) is 2.01. The van der Waals surface area contributed by atoms with Gasteiger partial charge in [0.05, 0.1) is 12.2 Å². The van der Waals surface area contributed by atoms with Gasteiger partial charge in [0.25, 0.3) is 0 Å². The van der Waals surface area contributed by atoms with E-state index in [0.717, 1.165) is 24.0 Å². The first-order valence-electron chi connectivity index (χ1n) is 5.67. The maximum absolute atomic E-state index is 10.8. The van der Waals surface area contributed by atoms with Gasteiger partial charge in [-0.2, -0.15) is 0 Å². The van der Waals surface area contributed by atoms with Crippen LogP contribution in [0.1, 0.15) is 34.2 Å². The quantitative estimate of drug-likeness (QED) is 0.753. The van der Waals surface area contributed by atoms with Crippen LogP contribution in [0.4, 0.5) is 0 Å². The van der Waals surface area contributed by atoms with E-state index in [-0.39, 0.29) is 0 Å². The highest BCUT2D eigenvalue weighted by atomic mass is 16.1. The van der Waals surface area contributed by atoms with Crippen molar-refractivity contribution in [3.05, 3.63) is 46.8 Å². The minimum atomic E-state index is 0.444. The van der Waals surface area contributed by atoms with E-state index in [2.05, 4.69) is 41.5 Å². The van der Waals surface area contributed by atoms with Gasteiger partial charge in [0.15, 0.2) is 6.29 Å². The highest BCUT2D eigenvalue weighted by Crippen LogP contribution is 2.09. The van der Waals surface area contributed by atoms with Crippen LogP contribution in [0.5, 0.6) is 0 Å². The summed E-state index contributed by atoms with van der Waals surface area (Å²) in [6.45, 7) is 4.71. The molecule has 4 nitrogen and oxygen atoms in total. The Hall–Kier alpha value is -1.97. The SMILES string of the molecule is CCc1c(C=O)nnn1Cc1ccc(C)cc1. The van der Waals surface area contributed by atoms with Gasteiger partial charge in [0.1, 0.15) is 5.69 Å². The van der Waals surface area contributed by atoms with Gasteiger partial charge in [0, 0.05) is 0 Å². The second kappa shape index (κ2) is 4.91. The lowest BCUT2D eigenvalue weighted by Gasteiger charge is -2.05. The molecule has 0 amide bonds. The van der Waals surface area contributed by atoms with Gasteiger partial charge < -0.3 is 0 Å². The lowest BCUT2D eigenvalue weighted by atomic mass is 10.1. The van der Waals surface area contributed by atoms with Crippen LogP contribution in [0.3, 0.4) is 0 Å². The standard InChI is InChI=1S/C13H15N3O/c1-3-13-12(9-17)14-15-16(13)8-11-6-4-10(2)5-7-11/h4-7,9H,3,8H2,1-2H3. The fourth-order valence-corrected chi connectivity index (χ4v) is 1.79. The average Bonchev–Trinajstić information content (AvgIpc) is 2.74. The summed E-state index contributed by atoms with van der Waals surface area (Å²) in [5, 5.41) is 7.88. The molecule has 0 atom stereocenters. The molecule has 88 valence electrons. The Morgan fingerprint density at radius 2 is 2.00 bits per heavy atom. The summed E-state index contributed by atoms with van der Waals surface area (Å²) < 4.78 is 1.79. The van der Waals surface area contributed by atoms with Crippen molar-refractivity contribution in [1.82, 2.24) is 15.0 Å². The molecule has 2 aromatic rings. The van der Waals surface area contributed by atoms with Crippen LogP contribution < -0.4 is 0 Å². The molecule has 0 aliphatic carbocycles. The summed E-state index contributed by atoms with van der Waals surface area (Å²) in [6, 6.07) is 8.27. The lowest BCUT2D eigenvalue weighted by molar-refractivity contribution is 0.111. The molecule has 0 aliphatic heterocycles. The maximum Gasteiger partial charge on any atom is 0.172 e. The van der Waals surface area contributed by atoms with Gasteiger partial charge in [-0.3, -0.25) is 4.79 Å². The van der Waals surface area contributed by atoms with E-state index in [4.69, 9.17) is 0 Å². The highest BCUT2D eigenvalue weighted by Gasteiger charge is 2.10. The average molecular weight is 229 g/mol. The Morgan fingerprint density at radius 1 is 1.29 bits per heavy atom. The third kappa shape index (κ3) is 2.41. The van der Waals surface area contributed by atoms with Gasteiger partial charge in [-0.15, -0.1) is 5.10 Å². The summed E-state index contributed by atoms with van der Waals surface area (Å²) in [6.07, 6.45) is 1.52. The van der Waals surface area contributed by atoms with Crippen molar-refractivity contribution in [1.29, 1.82) is 0 Å². The second-order valence-corrected chi connectivity index (χ2v) is 4.04. The monoisotopic (exact) mass is 229 g/mol. The Bertz CT molecular complexity index is 514. The molecule has 1 aromatic carbocycles. The number of rotatable bonds is 4. The maximum atomic E-state index is 10.8. The van der Waals surface area contributed by atoms with E-state index in [0.29, 0.717) is 12.2 Å². The third-order valence-corrected chi connectivity index (χ3v) is 2.77. The first-order valence-corrected chi connectivity index (χ1v) is 5.67. The van der Waals surface area contributed by atoms with Crippen LogP contribution >= 0.6 is 0 Å². The highest BCUT2D eigenvalue weighted by molar-refractivity contribution is 5.73. The van der Waals surface area contributed by atoms with Crippen LogP contribution in [-0.2, 0) is 13.0 Å².